The summed E-state index contributed by atoms with van der Waals surface area (Å²) in [6.45, 7) is -0.651. The van der Waals surface area contributed by atoms with Crippen molar-refractivity contribution in [1.82, 2.24) is 0 Å². The quantitative estimate of drug-likeness (QED) is 0.127. The lowest BCUT2D eigenvalue weighted by Gasteiger charge is -2.41. The number of ether oxygens (including phenoxy) is 4. The van der Waals surface area contributed by atoms with Crippen molar-refractivity contribution in [3.63, 3.8) is 0 Å². The predicted octanol–water partition coefficient (Wildman–Crippen LogP) is 2.43. The van der Waals surface area contributed by atoms with Gasteiger partial charge in [-0.1, -0.05) is 30.4 Å². The van der Waals surface area contributed by atoms with E-state index in [1.807, 2.05) is 0 Å². The van der Waals surface area contributed by atoms with Gasteiger partial charge in [-0.05, 0) is 59.2 Å². The fourth-order valence-corrected chi connectivity index (χ4v) is 4.09. The number of carbonyl (C=O) groups is 1. The number of benzene rings is 3. The Morgan fingerprint density at radius 3 is 2.27 bits per heavy atom. The van der Waals surface area contributed by atoms with Gasteiger partial charge in [-0.3, -0.25) is 0 Å². The van der Waals surface area contributed by atoms with Gasteiger partial charge in [0.25, 0.3) is 0 Å². The zero-order valence-electron chi connectivity index (χ0n) is 21.9. The van der Waals surface area contributed by atoms with Gasteiger partial charge in [-0.25, -0.2) is 4.79 Å². The van der Waals surface area contributed by atoms with Gasteiger partial charge in [0.1, 0.15) is 35.6 Å². The Bertz CT molecular complexity index is 1400. The first kappa shape index (κ1) is 29.4. The monoisotopic (exact) mass is 566 g/mol. The summed E-state index contributed by atoms with van der Waals surface area (Å²) in [5.41, 5.74) is 1.83. The zero-order chi connectivity index (χ0) is 29.5. The number of phenolic OH excluding ortho intramolecular Hbond substituents is 3. The van der Waals surface area contributed by atoms with Gasteiger partial charge >= 0.3 is 5.97 Å². The normalized spacial score (nSPS) is 22.6. The molecule has 4 rings (SSSR count). The Morgan fingerprint density at radius 1 is 0.854 bits per heavy atom. The molecule has 5 unspecified atom stereocenters. The minimum atomic E-state index is -1.68. The van der Waals surface area contributed by atoms with Crippen LogP contribution in [-0.2, 0) is 14.3 Å². The molecule has 3 aromatic carbocycles. The van der Waals surface area contributed by atoms with Crippen LogP contribution in [0.2, 0.25) is 0 Å². The molecule has 1 saturated heterocycles. The first-order chi connectivity index (χ1) is 19.7. The van der Waals surface area contributed by atoms with E-state index in [2.05, 4.69) is 0 Å². The number of carbonyl (C=O) groups excluding carboxylic acids is 1. The minimum Gasteiger partial charge on any atom is -0.508 e. The molecule has 216 valence electrons. The lowest BCUT2D eigenvalue weighted by molar-refractivity contribution is -0.281. The summed E-state index contributed by atoms with van der Waals surface area (Å²) in [4.78, 5) is 12.6. The van der Waals surface area contributed by atoms with E-state index in [0.29, 0.717) is 11.1 Å². The highest BCUT2D eigenvalue weighted by Gasteiger charge is 2.47. The van der Waals surface area contributed by atoms with Crippen LogP contribution in [-0.4, -0.2) is 81.0 Å². The number of esters is 1. The molecule has 0 amide bonds. The number of hydrogen-bond donors (Lipinski definition) is 6. The topological polar surface area (TPSA) is 175 Å². The number of phenols is 3. The van der Waals surface area contributed by atoms with Gasteiger partial charge in [0.2, 0.25) is 6.29 Å². The molecular weight excluding hydrogens is 536 g/mol. The highest BCUT2D eigenvalue weighted by atomic mass is 16.7. The SMILES string of the molecule is COc1cc(C=CC(=O)OC2C(Oc3cc(O)cc(C=Cc4ccc(O)cc4)c3)OC(CO)C(O)C2O)ccc1O. The van der Waals surface area contributed by atoms with E-state index >= 15 is 0 Å². The Labute approximate surface area is 235 Å². The molecule has 1 fully saturated rings. The molecule has 3 aromatic rings. The minimum absolute atomic E-state index is 0.0759. The van der Waals surface area contributed by atoms with Crippen LogP contribution in [0, 0.1) is 0 Å². The summed E-state index contributed by atoms with van der Waals surface area (Å²) in [6.07, 6.45) is -1.58. The van der Waals surface area contributed by atoms with Crippen LogP contribution in [0.25, 0.3) is 18.2 Å². The number of rotatable bonds is 9. The van der Waals surface area contributed by atoms with Crippen LogP contribution in [0.1, 0.15) is 16.7 Å². The second kappa shape index (κ2) is 13.2. The molecule has 1 aliphatic rings. The van der Waals surface area contributed by atoms with Crippen molar-refractivity contribution in [3.8, 4) is 28.7 Å². The van der Waals surface area contributed by atoms with Crippen molar-refractivity contribution < 1.29 is 54.4 Å². The van der Waals surface area contributed by atoms with Gasteiger partial charge in [-0.15, -0.1) is 0 Å². The smallest absolute Gasteiger partial charge is 0.331 e. The third-order valence-electron chi connectivity index (χ3n) is 6.22. The Hall–Kier alpha value is -4.55. The third-order valence-corrected chi connectivity index (χ3v) is 6.22. The first-order valence-corrected chi connectivity index (χ1v) is 12.5. The van der Waals surface area contributed by atoms with E-state index in [1.54, 1.807) is 30.4 Å². The molecule has 0 aromatic heterocycles. The Balaban J connectivity index is 1.52. The van der Waals surface area contributed by atoms with Crippen LogP contribution in [0.5, 0.6) is 28.7 Å². The highest BCUT2D eigenvalue weighted by molar-refractivity contribution is 5.87. The molecule has 11 nitrogen and oxygen atoms in total. The molecule has 6 N–H and O–H groups in total. The molecule has 0 saturated carbocycles. The van der Waals surface area contributed by atoms with Crippen LogP contribution in [0.3, 0.4) is 0 Å². The van der Waals surface area contributed by atoms with E-state index in [-0.39, 0.29) is 28.7 Å². The molecule has 11 heteroatoms. The molecule has 1 aliphatic heterocycles. The van der Waals surface area contributed by atoms with Crippen molar-refractivity contribution in [2.24, 2.45) is 0 Å². The highest BCUT2D eigenvalue weighted by Crippen LogP contribution is 2.30. The second-order valence-electron chi connectivity index (χ2n) is 9.18. The molecule has 41 heavy (non-hydrogen) atoms. The predicted molar refractivity (Wildman–Crippen MR) is 147 cm³/mol. The standard InChI is InChI=1S/C30H30O11/c1-38-24-14-18(6-10-23(24)34)7-11-26(35)41-29-28(37)27(36)25(16-31)40-30(29)39-22-13-19(12-21(33)15-22)3-2-17-4-8-20(32)9-5-17/h2-15,25,27-34,36-37H,16H2,1H3. The summed E-state index contributed by atoms with van der Waals surface area (Å²) in [6, 6.07) is 15.2. The maximum absolute atomic E-state index is 12.6. The van der Waals surface area contributed by atoms with Crippen molar-refractivity contribution in [1.29, 1.82) is 0 Å². The lowest BCUT2D eigenvalue weighted by atomic mass is 9.99. The average Bonchev–Trinajstić information content (AvgIpc) is 2.95. The van der Waals surface area contributed by atoms with E-state index < -0.39 is 43.3 Å². The van der Waals surface area contributed by atoms with Crippen molar-refractivity contribution in [2.75, 3.05) is 13.7 Å². The molecule has 0 aliphatic carbocycles. The number of aliphatic hydroxyl groups excluding tert-OH is 3. The summed E-state index contributed by atoms with van der Waals surface area (Å²) in [5.74, 6) is -0.708. The summed E-state index contributed by atoms with van der Waals surface area (Å²) in [7, 11) is 1.38. The molecular formula is C30H30O11. The zero-order valence-corrected chi connectivity index (χ0v) is 21.9. The second-order valence-corrected chi connectivity index (χ2v) is 9.18. The largest absolute Gasteiger partial charge is 0.508 e. The van der Waals surface area contributed by atoms with E-state index in [1.165, 1.54) is 55.7 Å². The first-order valence-electron chi connectivity index (χ1n) is 12.5. The van der Waals surface area contributed by atoms with Gasteiger partial charge in [-0.2, -0.15) is 0 Å². The van der Waals surface area contributed by atoms with E-state index in [4.69, 9.17) is 18.9 Å². The summed E-state index contributed by atoms with van der Waals surface area (Å²) < 4.78 is 21.9. The van der Waals surface area contributed by atoms with Gasteiger partial charge in [0.05, 0.1) is 13.7 Å². The molecule has 0 radical (unpaired) electrons. The van der Waals surface area contributed by atoms with E-state index in [9.17, 15) is 35.4 Å². The molecule has 1 heterocycles. The molecule has 0 bridgehead atoms. The fourth-order valence-electron chi connectivity index (χ4n) is 4.09. The van der Waals surface area contributed by atoms with Crippen LogP contribution >= 0.6 is 0 Å². The summed E-state index contributed by atoms with van der Waals surface area (Å²) in [5, 5.41) is 60.2. The Morgan fingerprint density at radius 2 is 1.56 bits per heavy atom. The third kappa shape index (κ3) is 7.56. The maximum Gasteiger partial charge on any atom is 0.331 e. The fraction of sp³-hybridized carbons (Fsp3) is 0.233. The van der Waals surface area contributed by atoms with Crippen molar-refractivity contribution in [3.05, 3.63) is 83.4 Å². The molecule has 0 spiro atoms. The van der Waals surface area contributed by atoms with Crippen LogP contribution in [0.15, 0.2) is 66.7 Å². The molecule has 5 atom stereocenters. The number of aliphatic hydroxyl groups is 3. The number of hydrogen-bond acceptors (Lipinski definition) is 11. The van der Waals surface area contributed by atoms with Crippen molar-refractivity contribution in [2.45, 2.75) is 30.7 Å². The Kier molecular flexibility index (Phi) is 9.48. The van der Waals surface area contributed by atoms with Gasteiger partial charge in [0, 0.05) is 12.1 Å². The van der Waals surface area contributed by atoms with Crippen LogP contribution in [0.4, 0.5) is 0 Å². The van der Waals surface area contributed by atoms with Gasteiger partial charge < -0.3 is 49.6 Å². The van der Waals surface area contributed by atoms with Gasteiger partial charge in [0.15, 0.2) is 17.6 Å². The van der Waals surface area contributed by atoms with Crippen molar-refractivity contribution >= 4 is 24.2 Å². The van der Waals surface area contributed by atoms with Crippen LogP contribution < -0.4 is 9.47 Å². The number of methoxy groups -OCH3 is 1. The number of aromatic hydroxyl groups is 3. The average molecular weight is 567 g/mol. The summed E-state index contributed by atoms with van der Waals surface area (Å²) >= 11 is 0. The maximum atomic E-state index is 12.6. The van der Waals surface area contributed by atoms with E-state index in [0.717, 1.165) is 11.6 Å². The lowest BCUT2D eigenvalue weighted by Crippen LogP contribution is -2.61.